The van der Waals surface area contributed by atoms with Gasteiger partial charge in [0.15, 0.2) is 11.7 Å². The minimum Gasteiger partial charge on any atom is -0.497 e. The van der Waals surface area contributed by atoms with Crippen LogP contribution in [0.5, 0.6) is 5.75 Å². The summed E-state index contributed by atoms with van der Waals surface area (Å²) in [4.78, 5) is 21.3. The number of hydroxylamine groups is 2. The molecule has 0 spiro atoms. The second-order valence-corrected chi connectivity index (χ2v) is 4.60. The number of rotatable bonds is 2. The Bertz CT molecular complexity index is 714. The van der Waals surface area contributed by atoms with Gasteiger partial charge < -0.3 is 9.57 Å². The third-order valence-electron chi connectivity index (χ3n) is 3.11. The number of benzene rings is 1. The van der Waals surface area contributed by atoms with E-state index >= 15 is 0 Å². The Kier molecular flexibility index (Phi) is 3.06. The van der Waals surface area contributed by atoms with Crippen LogP contribution in [0.1, 0.15) is 12.5 Å². The maximum absolute atomic E-state index is 12.0. The number of methoxy groups -OCH3 is 1. The molecule has 0 aliphatic carbocycles. The molecule has 0 saturated carbocycles. The van der Waals surface area contributed by atoms with E-state index in [2.05, 4.69) is 4.99 Å². The number of amidine groups is 2. The first-order valence-corrected chi connectivity index (χ1v) is 6.32. The lowest BCUT2D eigenvalue weighted by atomic mass is 10.1. The summed E-state index contributed by atoms with van der Waals surface area (Å²) in [6.07, 6.45) is 3.23. The molecule has 2 aliphatic heterocycles. The molecule has 0 radical (unpaired) electrons. The highest BCUT2D eigenvalue weighted by Crippen LogP contribution is 2.24. The molecule has 2 heterocycles. The second kappa shape index (κ2) is 4.90. The van der Waals surface area contributed by atoms with Crippen molar-refractivity contribution in [3.05, 3.63) is 47.2 Å². The number of allylic oxidation sites excluding steroid dienone is 1. The predicted molar refractivity (Wildman–Crippen MR) is 77.8 cm³/mol. The molecular weight excluding hydrogens is 270 g/mol. The predicted octanol–water partition coefficient (Wildman–Crippen LogP) is 2.15. The van der Waals surface area contributed by atoms with Crippen molar-refractivity contribution in [1.29, 1.82) is 5.41 Å². The molecule has 1 N–H and O–H groups in total. The zero-order valence-electron chi connectivity index (χ0n) is 11.6. The molecule has 106 valence electrons. The van der Waals surface area contributed by atoms with Crippen molar-refractivity contribution in [2.24, 2.45) is 4.99 Å². The van der Waals surface area contributed by atoms with Crippen molar-refractivity contribution in [3.8, 4) is 5.75 Å². The number of aliphatic imine (C=N–C) groups is 1. The number of carbonyl (C=O) groups excluding carboxylic acids is 1. The van der Waals surface area contributed by atoms with Gasteiger partial charge in [0.25, 0.3) is 5.91 Å². The summed E-state index contributed by atoms with van der Waals surface area (Å²) in [5, 5.41) is 9.34. The van der Waals surface area contributed by atoms with Crippen LogP contribution in [0.3, 0.4) is 0 Å². The lowest BCUT2D eigenvalue weighted by Crippen LogP contribution is -2.38. The van der Waals surface area contributed by atoms with Crippen LogP contribution >= 0.6 is 0 Å². The molecule has 0 fully saturated rings. The summed E-state index contributed by atoms with van der Waals surface area (Å²) in [5.74, 6) is 1.20. The summed E-state index contributed by atoms with van der Waals surface area (Å²) >= 11 is 0. The summed E-state index contributed by atoms with van der Waals surface area (Å²) in [6, 6.07) is 7.19. The summed E-state index contributed by atoms with van der Waals surface area (Å²) < 4.78 is 5.08. The maximum atomic E-state index is 12.0. The van der Waals surface area contributed by atoms with Crippen LogP contribution in [0, 0.1) is 5.41 Å². The van der Waals surface area contributed by atoms with E-state index in [1.807, 2.05) is 0 Å². The van der Waals surface area contributed by atoms with Crippen LogP contribution < -0.4 is 4.74 Å². The van der Waals surface area contributed by atoms with Crippen molar-refractivity contribution >= 4 is 23.7 Å². The molecule has 2 aliphatic rings. The van der Waals surface area contributed by atoms with Crippen LogP contribution in [0.4, 0.5) is 0 Å². The second-order valence-electron chi connectivity index (χ2n) is 4.60. The Hall–Kier alpha value is -2.89. The first kappa shape index (κ1) is 13.1. The van der Waals surface area contributed by atoms with Crippen LogP contribution in [0.25, 0.3) is 6.08 Å². The Morgan fingerprint density at radius 1 is 1.33 bits per heavy atom. The maximum Gasteiger partial charge on any atom is 0.282 e. The van der Waals surface area contributed by atoms with Gasteiger partial charge in [0, 0.05) is 6.08 Å². The van der Waals surface area contributed by atoms with E-state index in [1.54, 1.807) is 50.5 Å². The number of nitrogens with one attached hydrogen (secondary N) is 1. The van der Waals surface area contributed by atoms with E-state index in [4.69, 9.17) is 15.0 Å². The van der Waals surface area contributed by atoms with Gasteiger partial charge in [-0.3, -0.25) is 10.2 Å². The Morgan fingerprint density at radius 2 is 2.05 bits per heavy atom. The normalized spacial score (nSPS) is 19.1. The molecule has 0 atom stereocenters. The molecule has 1 aromatic carbocycles. The van der Waals surface area contributed by atoms with E-state index in [9.17, 15) is 4.79 Å². The monoisotopic (exact) mass is 283 g/mol. The van der Waals surface area contributed by atoms with Gasteiger partial charge in [0.2, 0.25) is 0 Å². The standard InChI is InChI=1S/C15H13N3O3/c1-9-7-13-17-15(19)12(14(16)18(13)21-9)8-10-3-5-11(20-2)6-4-10/h3-8,16H,1-2H3/b12-8-,16-14?. The molecule has 0 saturated heterocycles. The average Bonchev–Trinajstić information content (AvgIpc) is 2.85. The molecule has 1 aromatic rings. The number of amides is 1. The molecule has 1 amide bonds. The largest absolute Gasteiger partial charge is 0.497 e. The van der Waals surface area contributed by atoms with Gasteiger partial charge in [-0.15, -0.1) is 5.06 Å². The van der Waals surface area contributed by atoms with Crippen LogP contribution in [-0.2, 0) is 9.63 Å². The van der Waals surface area contributed by atoms with Gasteiger partial charge in [0.1, 0.15) is 11.5 Å². The highest BCUT2D eigenvalue weighted by atomic mass is 16.7. The van der Waals surface area contributed by atoms with Crippen LogP contribution in [-0.4, -0.2) is 29.8 Å². The van der Waals surface area contributed by atoms with Crippen LogP contribution in [0.15, 0.2) is 46.7 Å². The summed E-state index contributed by atoms with van der Waals surface area (Å²) in [7, 11) is 1.59. The van der Waals surface area contributed by atoms with Crippen molar-refractivity contribution in [1.82, 2.24) is 5.06 Å². The first-order chi connectivity index (χ1) is 10.1. The minimum absolute atomic E-state index is 0.0195. The highest BCUT2D eigenvalue weighted by Gasteiger charge is 2.34. The van der Waals surface area contributed by atoms with Crippen molar-refractivity contribution in [2.45, 2.75) is 6.92 Å². The van der Waals surface area contributed by atoms with E-state index in [-0.39, 0.29) is 11.4 Å². The quantitative estimate of drug-likeness (QED) is 0.844. The average molecular weight is 283 g/mol. The fraction of sp³-hybridized carbons (Fsp3) is 0.133. The molecule has 6 heteroatoms. The Labute approximate surface area is 121 Å². The molecule has 6 nitrogen and oxygen atoms in total. The number of fused-ring (bicyclic) bond motifs is 1. The Balaban J connectivity index is 1.94. The van der Waals surface area contributed by atoms with Crippen molar-refractivity contribution in [2.75, 3.05) is 7.11 Å². The molecule has 21 heavy (non-hydrogen) atoms. The number of hydrogen-bond acceptors (Lipinski definition) is 4. The van der Waals surface area contributed by atoms with Gasteiger partial charge in [-0.1, -0.05) is 12.1 Å². The Morgan fingerprint density at radius 3 is 2.71 bits per heavy atom. The van der Waals surface area contributed by atoms with E-state index in [0.29, 0.717) is 11.6 Å². The fourth-order valence-electron chi connectivity index (χ4n) is 2.07. The number of carbonyl (C=O) groups is 1. The smallest absolute Gasteiger partial charge is 0.282 e. The van der Waals surface area contributed by atoms with E-state index in [0.717, 1.165) is 11.3 Å². The van der Waals surface area contributed by atoms with Crippen LogP contribution in [0.2, 0.25) is 0 Å². The molecule has 0 aromatic heterocycles. The first-order valence-electron chi connectivity index (χ1n) is 6.32. The zero-order valence-corrected chi connectivity index (χ0v) is 11.6. The van der Waals surface area contributed by atoms with E-state index in [1.165, 1.54) is 5.06 Å². The summed E-state index contributed by atoms with van der Waals surface area (Å²) in [6.45, 7) is 1.74. The summed E-state index contributed by atoms with van der Waals surface area (Å²) in [5.41, 5.74) is 0.971. The van der Waals surface area contributed by atoms with Gasteiger partial charge in [-0.25, -0.2) is 0 Å². The molecule has 0 unspecified atom stereocenters. The lowest BCUT2D eigenvalue weighted by Gasteiger charge is -2.22. The number of ether oxygens (including phenoxy) is 1. The topological polar surface area (TPSA) is 75.0 Å². The zero-order chi connectivity index (χ0) is 15.0. The molecule has 3 rings (SSSR count). The van der Waals surface area contributed by atoms with Crippen molar-refractivity contribution in [3.63, 3.8) is 0 Å². The van der Waals surface area contributed by atoms with Gasteiger partial charge in [0.05, 0.1) is 12.7 Å². The molecule has 0 bridgehead atoms. The fourth-order valence-corrected chi connectivity index (χ4v) is 2.07. The van der Waals surface area contributed by atoms with E-state index < -0.39 is 5.91 Å². The number of hydrogen-bond donors (Lipinski definition) is 1. The lowest BCUT2D eigenvalue weighted by molar-refractivity contribution is -0.114. The third kappa shape index (κ3) is 2.31. The minimum atomic E-state index is -0.448. The van der Waals surface area contributed by atoms with Crippen molar-refractivity contribution < 1.29 is 14.4 Å². The van der Waals surface area contributed by atoms with Gasteiger partial charge >= 0.3 is 0 Å². The van der Waals surface area contributed by atoms with Gasteiger partial charge in [-0.05, 0) is 30.7 Å². The van der Waals surface area contributed by atoms with Gasteiger partial charge in [-0.2, -0.15) is 4.99 Å². The molecular formula is C15H13N3O3. The highest BCUT2D eigenvalue weighted by molar-refractivity contribution is 6.32. The third-order valence-corrected chi connectivity index (χ3v) is 3.11. The number of nitrogens with zero attached hydrogens (tertiary/aromatic N) is 2. The SMILES string of the molecule is COc1ccc(/C=C2/C(=N)N3OC(C)=CC3=NC2=O)cc1.